The van der Waals surface area contributed by atoms with Gasteiger partial charge in [0.25, 0.3) is 0 Å². The van der Waals surface area contributed by atoms with Gasteiger partial charge in [0.15, 0.2) is 6.61 Å². The van der Waals surface area contributed by atoms with Crippen LogP contribution in [0.15, 0.2) is 18.2 Å². The van der Waals surface area contributed by atoms with Gasteiger partial charge in [0, 0.05) is 16.6 Å². The Kier molecular flexibility index (Phi) is 3.19. The summed E-state index contributed by atoms with van der Waals surface area (Å²) in [4.78, 5) is 15.3. The van der Waals surface area contributed by atoms with Gasteiger partial charge in [0.2, 0.25) is 0 Å². The number of benzene rings is 1. The normalized spacial score (nSPS) is 17.5. The molecule has 1 heterocycles. The maximum Gasteiger partial charge on any atom is 0.339 e. The molecule has 1 aliphatic carbocycles. The molecule has 1 atom stereocenters. The number of hydrogen-bond donors (Lipinski definition) is 1. The van der Waals surface area contributed by atoms with Crippen LogP contribution < -0.4 is 0 Å². The fraction of sp³-hybridized carbons (Fsp3) is 0.375. The van der Waals surface area contributed by atoms with Gasteiger partial charge in [-0.3, -0.25) is 0 Å². The molecular weight excluding hydrogens is 252 g/mol. The van der Waals surface area contributed by atoms with E-state index in [0.29, 0.717) is 11.5 Å². The minimum atomic E-state index is -0.438. The van der Waals surface area contributed by atoms with Crippen LogP contribution in [-0.4, -0.2) is 17.6 Å². The monoisotopic (exact) mass is 268 g/mol. The Hall–Kier alpha value is -2.28. The molecule has 0 aliphatic heterocycles. The Labute approximate surface area is 117 Å². The number of aryl methyl sites for hydroxylation is 1. The molecule has 0 radical (unpaired) electrons. The number of esters is 1. The Morgan fingerprint density at radius 3 is 3.20 bits per heavy atom. The lowest BCUT2D eigenvalue weighted by Crippen LogP contribution is -2.10. The van der Waals surface area contributed by atoms with E-state index in [1.54, 1.807) is 6.07 Å². The first kappa shape index (κ1) is 12.7. The molecule has 0 spiro atoms. The molecule has 20 heavy (non-hydrogen) atoms. The van der Waals surface area contributed by atoms with Crippen LogP contribution in [0, 0.1) is 17.2 Å². The highest BCUT2D eigenvalue weighted by Crippen LogP contribution is 2.32. The average molecular weight is 268 g/mol. The molecule has 1 aromatic carbocycles. The molecule has 0 fully saturated rings. The third kappa shape index (κ3) is 2.16. The summed E-state index contributed by atoms with van der Waals surface area (Å²) in [6.45, 7) is 2.05. The molecule has 0 amide bonds. The Morgan fingerprint density at radius 2 is 2.40 bits per heavy atom. The number of nitrogens with one attached hydrogen (secondary N) is 1. The highest BCUT2D eigenvalue weighted by Gasteiger charge is 2.20. The van der Waals surface area contributed by atoms with E-state index in [1.807, 2.05) is 18.2 Å². The van der Waals surface area contributed by atoms with Gasteiger partial charge in [-0.15, -0.1) is 0 Å². The van der Waals surface area contributed by atoms with Crippen LogP contribution in [-0.2, 0) is 17.6 Å². The van der Waals surface area contributed by atoms with Crippen molar-refractivity contribution in [1.29, 1.82) is 5.26 Å². The molecule has 1 N–H and O–H groups in total. The maximum absolute atomic E-state index is 11.8. The second kappa shape index (κ2) is 5.01. The molecule has 1 aliphatic rings. The maximum atomic E-state index is 11.8. The number of nitrogens with zero attached hydrogens (tertiary/aromatic N) is 1. The van der Waals surface area contributed by atoms with Crippen molar-refractivity contribution in [3.63, 3.8) is 0 Å². The number of fused-ring (bicyclic) bond motifs is 3. The fourth-order valence-corrected chi connectivity index (χ4v) is 2.90. The summed E-state index contributed by atoms with van der Waals surface area (Å²) in [5.74, 6) is 0.239. The molecule has 102 valence electrons. The van der Waals surface area contributed by atoms with Gasteiger partial charge in [-0.05, 0) is 48.9 Å². The summed E-state index contributed by atoms with van der Waals surface area (Å²) in [6.07, 6.45) is 3.32. The molecule has 4 nitrogen and oxygen atoms in total. The van der Waals surface area contributed by atoms with Gasteiger partial charge in [-0.25, -0.2) is 4.79 Å². The number of carbonyl (C=O) groups excluding carboxylic acids is 1. The van der Waals surface area contributed by atoms with E-state index in [1.165, 1.54) is 17.7 Å². The third-order valence-corrected chi connectivity index (χ3v) is 3.94. The third-order valence-electron chi connectivity index (χ3n) is 3.94. The zero-order valence-corrected chi connectivity index (χ0v) is 11.4. The van der Waals surface area contributed by atoms with Crippen molar-refractivity contribution in [2.45, 2.75) is 26.2 Å². The predicted octanol–water partition coefficient (Wildman–Crippen LogP) is 2.97. The van der Waals surface area contributed by atoms with Crippen LogP contribution in [0.1, 0.15) is 35.0 Å². The van der Waals surface area contributed by atoms with Gasteiger partial charge in [0.1, 0.15) is 6.07 Å². The van der Waals surface area contributed by atoms with Gasteiger partial charge in [0.05, 0.1) is 5.56 Å². The Morgan fingerprint density at radius 1 is 1.55 bits per heavy atom. The molecule has 0 bridgehead atoms. The molecule has 2 aromatic rings. The van der Waals surface area contributed by atoms with Crippen LogP contribution in [0.25, 0.3) is 10.9 Å². The van der Waals surface area contributed by atoms with Crippen LogP contribution in [0.3, 0.4) is 0 Å². The zero-order chi connectivity index (χ0) is 14.1. The quantitative estimate of drug-likeness (QED) is 0.851. The summed E-state index contributed by atoms with van der Waals surface area (Å²) in [7, 11) is 0. The van der Waals surface area contributed by atoms with Crippen molar-refractivity contribution in [2.75, 3.05) is 6.61 Å². The van der Waals surface area contributed by atoms with Crippen LogP contribution in [0.2, 0.25) is 0 Å². The summed E-state index contributed by atoms with van der Waals surface area (Å²) < 4.78 is 4.86. The first-order valence-electron chi connectivity index (χ1n) is 6.86. The number of ether oxygens (including phenoxy) is 1. The number of aromatic nitrogens is 1. The second-order valence-corrected chi connectivity index (χ2v) is 5.42. The van der Waals surface area contributed by atoms with Gasteiger partial charge in [-0.2, -0.15) is 5.26 Å². The standard InChI is InChI=1S/C16H16N2O2/c1-10-2-4-14-12(8-10)13-9-11(3-5-15(13)18-14)16(19)20-7-6-17/h3,5,9-10,18H,2,4,7-8H2,1H3. The van der Waals surface area contributed by atoms with E-state index in [0.717, 1.165) is 23.7 Å². The van der Waals surface area contributed by atoms with Crippen LogP contribution >= 0.6 is 0 Å². The SMILES string of the molecule is CC1CCc2[nH]c3ccc(C(=O)OCC#N)cc3c2C1. The summed E-state index contributed by atoms with van der Waals surface area (Å²) in [5, 5.41) is 9.56. The van der Waals surface area contributed by atoms with Crippen molar-refractivity contribution in [1.82, 2.24) is 4.98 Å². The topological polar surface area (TPSA) is 65.9 Å². The van der Waals surface area contributed by atoms with E-state index < -0.39 is 5.97 Å². The number of nitriles is 1. The van der Waals surface area contributed by atoms with E-state index >= 15 is 0 Å². The molecule has 0 saturated heterocycles. The lowest BCUT2D eigenvalue weighted by Gasteiger charge is -2.18. The van der Waals surface area contributed by atoms with E-state index in [9.17, 15) is 4.79 Å². The highest BCUT2D eigenvalue weighted by molar-refractivity contribution is 5.96. The largest absolute Gasteiger partial charge is 0.447 e. The van der Waals surface area contributed by atoms with Gasteiger partial charge in [-0.1, -0.05) is 6.92 Å². The molecule has 1 unspecified atom stereocenters. The highest BCUT2D eigenvalue weighted by atomic mass is 16.5. The summed E-state index contributed by atoms with van der Waals surface area (Å²) in [6, 6.07) is 7.35. The first-order valence-corrected chi connectivity index (χ1v) is 6.86. The Balaban J connectivity index is 2.00. The number of carbonyl (C=O) groups is 1. The second-order valence-electron chi connectivity index (χ2n) is 5.42. The van der Waals surface area contributed by atoms with Gasteiger partial charge < -0.3 is 9.72 Å². The first-order chi connectivity index (χ1) is 9.69. The minimum Gasteiger partial charge on any atom is -0.447 e. The number of rotatable bonds is 2. The predicted molar refractivity (Wildman–Crippen MR) is 75.4 cm³/mol. The molecule has 1 aromatic heterocycles. The minimum absolute atomic E-state index is 0.209. The molecule has 3 rings (SSSR count). The van der Waals surface area contributed by atoms with E-state index in [2.05, 4.69) is 11.9 Å². The van der Waals surface area contributed by atoms with E-state index in [-0.39, 0.29) is 6.61 Å². The average Bonchev–Trinajstić information content (AvgIpc) is 2.82. The Bertz CT molecular complexity index is 709. The number of aromatic amines is 1. The van der Waals surface area contributed by atoms with Crippen molar-refractivity contribution >= 4 is 16.9 Å². The number of hydrogen-bond acceptors (Lipinski definition) is 3. The van der Waals surface area contributed by atoms with Crippen molar-refractivity contribution in [3.8, 4) is 6.07 Å². The lowest BCUT2D eigenvalue weighted by molar-refractivity contribution is 0.0555. The van der Waals surface area contributed by atoms with Gasteiger partial charge >= 0.3 is 5.97 Å². The molecular formula is C16H16N2O2. The zero-order valence-electron chi connectivity index (χ0n) is 11.4. The lowest BCUT2D eigenvalue weighted by atomic mass is 9.87. The van der Waals surface area contributed by atoms with Crippen LogP contribution in [0.4, 0.5) is 0 Å². The summed E-state index contributed by atoms with van der Waals surface area (Å²) >= 11 is 0. The molecule has 4 heteroatoms. The van der Waals surface area contributed by atoms with Crippen molar-refractivity contribution < 1.29 is 9.53 Å². The summed E-state index contributed by atoms with van der Waals surface area (Å²) in [5.41, 5.74) is 4.20. The van der Waals surface area contributed by atoms with Crippen LogP contribution in [0.5, 0.6) is 0 Å². The van der Waals surface area contributed by atoms with Crippen molar-refractivity contribution in [3.05, 3.63) is 35.0 Å². The number of H-pyrrole nitrogens is 1. The van der Waals surface area contributed by atoms with E-state index in [4.69, 9.17) is 10.00 Å². The van der Waals surface area contributed by atoms with Crippen molar-refractivity contribution in [2.24, 2.45) is 5.92 Å². The fourth-order valence-electron chi connectivity index (χ4n) is 2.90. The molecule has 0 saturated carbocycles. The smallest absolute Gasteiger partial charge is 0.339 e.